The first-order valence-corrected chi connectivity index (χ1v) is 6.95. The van der Waals surface area contributed by atoms with E-state index in [2.05, 4.69) is 22.6 Å². The zero-order valence-electron chi connectivity index (χ0n) is 11.2. The van der Waals surface area contributed by atoms with Crippen molar-refractivity contribution >= 4 is 40.6 Å². The van der Waals surface area contributed by atoms with E-state index in [4.69, 9.17) is 9.47 Å². The second kappa shape index (κ2) is 5.08. The molecule has 0 radical (unpaired) electrons. The fourth-order valence-corrected chi connectivity index (χ4v) is 2.22. The molecule has 0 unspecified atom stereocenters. The largest absolute Gasteiger partial charge is 0.507 e. The van der Waals surface area contributed by atoms with E-state index < -0.39 is 17.7 Å². The molecule has 1 saturated heterocycles. The summed E-state index contributed by atoms with van der Waals surface area (Å²) in [6.45, 7) is 4.81. The third kappa shape index (κ3) is 2.95. The molecule has 0 amide bonds. The van der Waals surface area contributed by atoms with Crippen LogP contribution in [0.2, 0.25) is 0 Å². The first-order chi connectivity index (χ1) is 9.19. The van der Waals surface area contributed by atoms with Gasteiger partial charge in [0.1, 0.15) is 11.3 Å². The molecule has 5 nitrogen and oxygen atoms in total. The summed E-state index contributed by atoms with van der Waals surface area (Å²) < 4.78 is 10.9. The van der Waals surface area contributed by atoms with Crippen LogP contribution in [0.4, 0.5) is 0 Å². The lowest BCUT2D eigenvalue weighted by Crippen LogP contribution is -2.41. The van der Waals surface area contributed by atoms with Crippen LogP contribution in [-0.2, 0) is 19.1 Å². The molecule has 6 heteroatoms. The maximum absolute atomic E-state index is 11.8. The first kappa shape index (κ1) is 14.8. The Hall–Kier alpha value is -1.57. The SMILES string of the molecule is Cc1cc(O)c(C=C2C(=O)OC(C)(C)OC2=O)cc1I. The lowest BCUT2D eigenvalue weighted by atomic mass is 10.1. The van der Waals surface area contributed by atoms with Gasteiger partial charge in [-0.2, -0.15) is 0 Å². The monoisotopic (exact) mass is 388 g/mol. The van der Waals surface area contributed by atoms with Gasteiger partial charge in [0.15, 0.2) is 0 Å². The fraction of sp³-hybridized carbons (Fsp3) is 0.286. The quantitative estimate of drug-likeness (QED) is 0.347. The highest BCUT2D eigenvalue weighted by atomic mass is 127. The van der Waals surface area contributed by atoms with Gasteiger partial charge in [-0.1, -0.05) is 0 Å². The molecule has 0 spiro atoms. The van der Waals surface area contributed by atoms with Crippen molar-refractivity contribution in [2.24, 2.45) is 0 Å². The molecule has 1 heterocycles. The van der Waals surface area contributed by atoms with Crippen molar-refractivity contribution in [2.75, 3.05) is 0 Å². The summed E-state index contributed by atoms with van der Waals surface area (Å²) >= 11 is 2.10. The number of ether oxygens (including phenoxy) is 2. The minimum Gasteiger partial charge on any atom is -0.507 e. The third-order valence-electron chi connectivity index (χ3n) is 2.72. The molecular weight excluding hydrogens is 375 g/mol. The van der Waals surface area contributed by atoms with Gasteiger partial charge in [0, 0.05) is 23.0 Å². The van der Waals surface area contributed by atoms with Crippen LogP contribution < -0.4 is 0 Å². The van der Waals surface area contributed by atoms with E-state index in [1.807, 2.05) is 6.92 Å². The topological polar surface area (TPSA) is 72.8 Å². The number of cyclic esters (lactones) is 2. The van der Waals surface area contributed by atoms with Crippen LogP contribution in [0.1, 0.15) is 25.0 Å². The summed E-state index contributed by atoms with van der Waals surface area (Å²) in [7, 11) is 0. The van der Waals surface area contributed by atoms with E-state index in [1.165, 1.54) is 19.9 Å². The van der Waals surface area contributed by atoms with Crippen LogP contribution in [0.15, 0.2) is 17.7 Å². The van der Waals surface area contributed by atoms with E-state index in [-0.39, 0.29) is 11.3 Å². The second-order valence-electron chi connectivity index (χ2n) is 4.90. The molecular formula is C14H13IO5. The van der Waals surface area contributed by atoms with Crippen LogP contribution in [-0.4, -0.2) is 22.8 Å². The Bertz CT molecular complexity index is 609. The third-order valence-corrected chi connectivity index (χ3v) is 3.89. The number of aromatic hydroxyl groups is 1. The van der Waals surface area contributed by atoms with Crippen LogP contribution in [0.3, 0.4) is 0 Å². The van der Waals surface area contributed by atoms with Gasteiger partial charge >= 0.3 is 11.9 Å². The molecule has 2 rings (SSSR count). The zero-order chi connectivity index (χ0) is 15.1. The highest BCUT2D eigenvalue weighted by Gasteiger charge is 2.38. The first-order valence-electron chi connectivity index (χ1n) is 5.87. The van der Waals surface area contributed by atoms with Crippen molar-refractivity contribution in [1.82, 2.24) is 0 Å². The van der Waals surface area contributed by atoms with Crippen molar-refractivity contribution in [1.29, 1.82) is 0 Å². The highest BCUT2D eigenvalue weighted by Crippen LogP contribution is 2.29. The number of phenols is 1. The van der Waals surface area contributed by atoms with Gasteiger partial charge in [-0.15, -0.1) is 0 Å². The average molecular weight is 388 g/mol. The predicted octanol–water partition coefficient (Wildman–Crippen LogP) is 2.52. The zero-order valence-corrected chi connectivity index (χ0v) is 13.3. The molecule has 20 heavy (non-hydrogen) atoms. The number of carbonyl (C=O) groups is 2. The van der Waals surface area contributed by atoms with Crippen molar-refractivity contribution in [2.45, 2.75) is 26.6 Å². The number of hydrogen-bond acceptors (Lipinski definition) is 5. The van der Waals surface area contributed by atoms with Gasteiger partial charge in [0.05, 0.1) is 0 Å². The summed E-state index contributed by atoms with van der Waals surface area (Å²) in [5.74, 6) is -2.81. The minimum absolute atomic E-state index is 0.0131. The fourth-order valence-electron chi connectivity index (χ4n) is 1.73. The van der Waals surface area contributed by atoms with Gasteiger partial charge in [0.25, 0.3) is 5.79 Å². The second-order valence-corrected chi connectivity index (χ2v) is 6.06. The molecule has 1 aliphatic rings. The molecule has 0 aromatic heterocycles. The number of esters is 2. The van der Waals surface area contributed by atoms with Crippen LogP contribution >= 0.6 is 22.6 Å². The Morgan fingerprint density at radius 1 is 1.20 bits per heavy atom. The number of phenolic OH excluding ortho intramolecular Hbond substituents is 1. The number of halogens is 1. The lowest BCUT2D eigenvalue weighted by Gasteiger charge is -2.29. The molecule has 1 N–H and O–H groups in total. The van der Waals surface area contributed by atoms with Gasteiger partial charge < -0.3 is 14.6 Å². The van der Waals surface area contributed by atoms with Gasteiger partial charge in [-0.3, -0.25) is 0 Å². The number of aryl methyl sites for hydroxylation is 1. The number of hydrogen-bond donors (Lipinski definition) is 1. The molecule has 1 aliphatic heterocycles. The molecule has 0 bridgehead atoms. The Morgan fingerprint density at radius 2 is 1.75 bits per heavy atom. The molecule has 106 valence electrons. The van der Waals surface area contributed by atoms with E-state index in [0.717, 1.165) is 9.13 Å². The maximum Gasteiger partial charge on any atom is 0.348 e. The van der Waals surface area contributed by atoms with Crippen molar-refractivity contribution in [3.05, 3.63) is 32.4 Å². The molecule has 1 aromatic rings. The Labute approximate surface area is 129 Å². The Balaban J connectivity index is 2.43. The summed E-state index contributed by atoms with van der Waals surface area (Å²) in [6.07, 6.45) is 1.27. The van der Waals surface area contributed by atoms with Crippen molar-refractivity contribution in [3.63, 3.8) is 0 Å². The Morgan fingerprint density at radius 3 is 2.30 bits per heavy atom. The van der Waals surface area contributed by atoms with Gasteiger partial charge in [-0.05, 0) is 53.3 Å². The normalized spacial score (nSPS) is 17.5. The number of rotatable bonds is 1. The van der Waals surface area contributed by atoms with Crippen LogP contribution in [0, 0.1) is 10.5 Å². The van der Waals surface area contributed by atoms with Crippen LogP contribution in [0.25, 0.3) is 6.08 Å². The van der Waals surface area contributed by atoms with Crippen LogP contribution in [0.5, 0.6) is 5.75 Å². The van der Waals surface area contributed by atoms with Crippen molar-refractivity contribution < 1.29 is 24.2 Å². The predicted molar refractivity (Wildman–Crippen MR) is 79.8 cm³/mol. The Kier molecular flexibility index (Phi) is 3.77. The average Bonchev–Trinajstić information content (AvgIpc) is 2.28. The number of carbonyl (C=O) groups excluding carboxylic acids is 2. The smallest absolute Gasteiger partial charge is 0.348 e. The molecule has 0 atom stereocenters. The summed E-state index contributed by atoms with van der Waals surface area (Å²) in [5.41, 5.74) is 1.03. The highest BCUT2D eigenvalue weighted by molar-refractivity contribution is 14.1. The van der Waals surface area contributed by atoms with Gasteiger partial charge in [0.2, 0.25) is 0 Å². The maximum atomic E-state index is 11.8. The molecule has 0 saturated carbocycles. The van der Waals surface area contributed by atoms with Crippen molar-refractivity contribution in [3.8, 4) is 5.75 Å². The molecule has 1 fully saturated rings. The summed E-state index contributed by atoms with van der Waals surface area (Å²) in [5, 5.41) is 9.87. The number of benzene rings is 1. The van der Waals surface area contributed by atoms with E-state index >= 15 is 0 Å². The van der Waals surface area contributed by atoms with E-state index in [0.29, 0.717) is 5.56 Å². The molecule has 0 aliphatic carbocycles. The van der Waals surface area contributed by atoms with Gasteiger partial charge in [-0.25, -0.2) is 9.59 Å². The molecule has 1 aromatic carbocycles. The standard InChI is InChI=1S/C14H13IO5/c1-7-4-11(16)8(6-10(7)15)5-9-12(17)19-14(2,3)20-13(9)18/h4-6,16H,1-3H3. The van der Waals surface area contributed by atoms with E-state index in [9.17, 15) is 14.7 Å². The summed E-state index contributed by atoms with van der Waals surface area (Å²) in [6, 6.07) is 3.25. The lowest BCUT2D eigenvalue weighted by molar-refractivity contribution is -0.222. The van der Waals surface area contributed by atoms with E-state index in [1.54, 1.807) is 12.1 Å². The minimum atomic E-state index is -1.27. The summed E-state index contributed by atoms with van der Waals surface area (Å²) in [4.78, 5) is 23.6.